The Balaban J connectivity index is 1.86. The van der Waals surface area contributed by atoms with Gasteiger partial charge < -0.3 is 0 Å². The van der Waals surface area contributed by atoms with E-state index in [1.807, 2.05) is 41.9 Å². The number of rotatable bonds is 5. The Morgan fingerprint density at radius 3 is 2.52 bits per heavy atom. The summed E-state index contributed by atoms with van der Waals surface area (Å²) < 4.78 is 3.40. The van der Waals surface area contributed by atoms with Crippen LogP contribution in [0, 0.1) is 12.8 Å². The lowest BCUT2D eigenvalue weighted by molar-refractivity contribution is 0.461. The maximum absolute atomic E-state index is 12.6. The van der Waals surface area contributed by atoms with Crippen molar-refractivity contribution in [3.63, 3.8) is 0 Å². The first-order valence-corrected chi connectivity index (χ1v) is 9.65. The van der Waals surface area contributed by atoms with Gasteiger partial charge in [-0.15, -0.1) is 0 Å². The molecule has 0 unspecified atom stereocenters. The highest BCUT2D eigenvalue weighted by Gasteiger charge is 2.16. The molecule has 0 aliphatic carbocycles. The van der Waals surface area contributed by atoms with Crippen LogP contribution in [0.25, 0.3) is 22.3 Å². The molecule has 7 nitrogen and oxygen atoms in total. The van der Waals surface area contributed by atoms with Crippen LogP contribution in [0.3, 0.4) is 0 Å². The van der Waals surface area contributed by atoms with Crippen molar-refractivity contribution in [1.29, 1.82) is 0 Å². The van der Waals surface area contributed by atoms with Gasteiger partial charge in [-0.2, -0.15) is 5.10 Å². The van der Waals surface area contributed by atoms with E-state index in [1.165, 1.54) is 0 Å². The monoisotopic (exact) mass is 389 g/mol. The van der Waals surface area contributed by atoms with Crippen LogP contribution in [0.5, 0.6) is 0 Å². The van der Waals surface area contributed by atoms with Gasteiger partial charge in [-0.1, -0.05) is 50.2 Å². The van der Waals surface area contributed by atoms with Crippen molar-refractivity contribution in [2.24, 2.45) is 5.92 Å². The van der Waals surface area contributed by atoms with Crippen molar-refractivity contribution in [3.05, 3.63) is 80.8 Å². The van der Waals surface area contributed by atoms with E-state index in [0.717, 1.165) is 11.1 Å². The van der Waals surface area contributed by atoms with Crippen LogP contribution >= 0.6 is 0 Å². The van der Waals surface area contributed by atoms with Crippen molar-refractivity contribution >= 4 is 10.9 Å². The van der Waals surface area contributed by atoms with E-state index >= 15 is 0 Å². The molecule has 0 saturated heterocycles. The van der Waals surface area contributed by atoms with Gasteiger partial charge in [-0.05, 0) is 30.5 Å². The van der Waals surface area contributed by atoms with Crippen molar-refractivity contribution in [2.45, 2.75) is 33.9 Å². The van der Waals surface area contributed by atoms with Gasteiger partial charge >= 0.3 is 5.69 Å². The lowest BCUT2D eigenvalue weighted by Crippen LogP contribution is -2.31. The summed E-state index contributed by atoms with van der Waals surface area (Å²) in [7, 11) is 0. The van der Waals surface area contributed by atoms with Gasteiger partial charge in [-0.25, -0.2) is 14.5 Å². The van der Waals surface area contributed by atoms with Crippen LogP contribution in [-0.4, -0.2) is 24.3 Å². The first kappa shape index (κ1) is 18.9. The number of hydrogen-bond donors (Lipinski definition) is 1. The third-order valence-corrected chi connectivity index (χ3v) is 4.88. The van der Waals surface area contributed by atoms with Crippen molar-refractivity contribution in [3.8, 4) is 11.4 Å². The minimum absolute atomic E-state index is 0.224. The minimum Gasteiger partial charge on any atom is -0.286 e. The molecule has 4 rings (SSSR count). The Kier molecular flexibility index (Phi) is 4.88. The van der Waals surface area contributed by atoms with E-state index in [4.69, 9.17) is 10.1 Å². The standard InChI is InChI=1S/C22H23N5O2/c1-14(2)12-27-19(23-20(25-27)16-9-5-4-8-15(16)3)13-26-18-11-7-6-10-17(18)21(28)24-22(26)29/h4-11,14H,12-13H2,1-3H3,(H,24,28,29). The molecule has 0 bridgehead atoms. The van der Waals surface area contributed by atoms with Gasteiger partial charge in [0.1, 0.15) is 5.82 Å². The molecule has 0 atom stereocenters. The van der Waals surface area contributed by atoms with Crippen LogP contribution in [-0.2, 0) is 13.1 Å². The maximum atomic E-state index is 12.6. The number of aromatic amines is 1. The highest BCUT2D eigenvalue weighted by molar-refractivity contribution is 5.77. The molecule has 0 aliphatic rings. The first-order valence-electron chi connectivity index (χ1n) is 9.65. The highest BCUT2D eigenvalue weighted by atomic mass is 16.2. The lowest BCUT2D eigenvalue weighted by atomic mass is 10.1. The quantitative estimate of drug-likeness (QED) is 0.569. The summed E-state index contributed by atoms with van der Waals surface area (Å²) in [4.78, 5) is 31.9. The molecule has 2 heterocycles. The number of para-hydroxylation sites is 1. The zero-order chi connectivity index (χ0) is 20.5. The lowest BCUT2D eigenvalue weighted by Gasteiger charge is -2.11. The summed E-state index contributed by atoms with van der Waals surface area (Å²) in [6.07, 6.45) is 0. The number of fused-ring (bicyclic) bond motifs is 1. The van der Waals surface area contributed by atoms with E-state index in [1.54, 1.807) is 22.8 Å². The SMILES string of the molecule is Cc1ccccc1-c1nc(Cn2c(=O)[nH]c(=O)c3ccccc32)n(CC(C)C)n1. The Bertz CT molecular complexity index is 1300. The summed E-state index contributed by atoms with van der Waals surface area (Å²) in [5.41, 5.74) is 1.80. The topological polar surface area (TPSA) is 85.6 Å². The molecule has 29 heavy (non-hydrogen) atoms. The molecule has 0 aliphatic heterocycles. The molecule has 2 aromatic heterocycles. The summed E-state index contributed by atoms with van der Waals surface area (Å²) in [5, 5.41) is 5.20. The van der Waals surface area contributed by atoms with Crippen LogP contribution in [0.2, 0.25) is 0 Å². The molecular weight excluding hydrogens is 366 g/mol. The van der Waals surface area contributed by atoms with E-state index < -0.39 is 5.69 Å². The van der Waals surface area contributed by atoms with E-state index in [2.05, 4.69) is 18.8 Å². The zero-order valence-electron chi connectivity index (χ0n) is 16.7. The summed E-state index contributed by atoms with van der Waals surface area (Å²) in [5.74, 6) is 1.68. The third kappa shape index (κ3) is 3.63. The Morgan fingerprint density at radius 1 is 1.03 bits per heavy atom. The van der Waals surface area contributed by atoms with Gasteiger partial charge in [0.25, 0.3) is 5.56 Å². The Morgan fingerprint density at radius 2 is 1.76 bits per heavy atom. The van der Waals surface area contributed by atoms with E-state index in [-0.39, 0.29) is 12.1 Å². The van der Waals surface area contributed by atoms with Crippen molar-refractivity contribution in [1.82, 2.24) is 24.3 Å². The molecule has 0 saturated carbocycles. The van der Waals surface area contributed by atoms with Crippen LogP contribution in [0.15, 0.2) is 58.1 Å². The largest absolute Gasteiger partial charge is 0.329 e. The maximum Gasteiger partial charge on any atom is 0.329 e. The van der Waals surface area contributed by atoms with Crippen molar-refractivity contribution < 1.29 is 0 Å². The zero-order valence-corrected chi connectivity index (χ0v) is 16.7. The molecule has 0 radical (unpaired) electrons. The molecule has 1 N–H and O–H groups in total. The van der Waals surface area contributed by atoms with E-state index in [9.17, 15) is 9.59 Å². The first-order chi connectivity index (χ1) is 13.9. The number of nitrogens with one attached hydrogen (secondary N) is 1. The Hall–Kier alpha value is -3.48. The van der Waals surface area contributed by atoms with Crippen LogP contribution in [0.1, 0.15) is 25.2 Å². The summed E-state index contributed by atoms with van der Waals surface area (Å²) >= 11 is 0. The van der Waals surface area contributed by atoms with Gasteiger partial charge in [-0.3, -0.25) is 14.3 Å². The third-order valence-electron chi connectivity index (χ3n) is 4.88. The second-order valence-corrected chi connectivity index (χ2v) is 7.61. The molecule has 0 amide bonds. The fourth-order valence-electron chi connectivity index (χ4n) is 3.46. The second-order valence-electron chi connectivity index (χ2n) is 7.61. The van der Waals surface area contributed by atoms with Crippen molar-refractivity contribution in [2.75, 3.05) is 0 Å². The predicted molar refractivity (Wildman–Crippen MR) is 113 cm³/mol. The predicted octanol–water partition coefficient (Wildman–Crippen LogP) is 2.96. The number of hydrogen-bond acceptors (Lipinski definition) is 4. The molecule has 0 spiro atoms. The molecule has 2 aromatic carbocycles. The summed E-state index contributed by atoms with van der Waals surface area (Å²) in [6.45, 7) is 7.16. The number of benzene rings is 2. The molecule has 4 aromatic rings. The highest BCUT2D eigenvalue weighted by Crippen LogP contribution is 2.21. The Labute approximate surface area is 167 Å². The van der Waals surface area contributed by atoms with Crippen LogP contribution < -0.4 is 11.2 Å². The van der Waals surface area contributed by atoms with Crippen LogP contribution in [0.4, 0.5) is 0 Å². The molecule has 148 valence electrons. The number of H-pyrrole nitrogens is 1. The fourth-order valence-corrected chi connectivity index (χ4v) is 3.46. The number of nitrogens with zero attached hydrogens (tertiary/aromatic N) is 4. The minimum atomic E-state index is -0.453. The summed E-state index contributed by atoms with van der Waals surface area (Å²) in [6, 6.07) is 15.0. The average Bonchev–Trinajstić information content (AvgIpc) is 3.07. The second kappa shape index (κ2) is 7.50. The fraction of sp³-hybridized carbons (Fsp3) is 0.273. The van der Waals surface area contributed by atoms with Gasteiger partial charge in [0.15, 0.2) is 5.82 Å². The van der Waals surface area contributed by atoms with E-state index in [0.29, 0.717) is 35.0 Å². The van der Waals surface area contributed by atoms with Gasteiger partial charge in [0.05, 0.1) is 17.4 Å². The van der Waals surface area contributed by atoms with Gasteiger partial charge in [0, 0.05) is 12.1 Å². The number of aryl methyl sites for hydroxylation is 1. The average molecular weight is 389 g/mol. The molecule has 0 fully saturated rings. The number of aromatic nitrogens is 5. The normalized spacial score (nSPS) is 11.4. The molecule has 7 heteroatoms. The van der Waals surface area contributed by atoms with Gasteiger partial charge in [0.2, 0.25) is 0 Å². The smallest absolute Gasteiger partial charge is 0.286 e. The molecular formula is C22H23N5O2.